The van der Waals surface area contributed by atoms with Gasteiger partial charge in [-0.25, -0.2) is 8.78 Å². The molecule has 21 heavy (non-hydrogen) atoms. The Hall–Kier alpha value is -1.98. The van der Waals surface area contributed by atoms with Gasteiger partial charge >= 0.3 is 5.97 Å². The van der Waals surface area contributed by atoms with E-state index in [9.17, 15) is 23.5 Å². The van der Waals surface area contributed by atoms with E-state index in [1.807, 2.05) is 0 Å². The van der Waals surface area contributed by atoms with Gasteiger partial charge in [-0.05, 0) is 25.0 Å². The van der Waals surface area contributed by atoms with Gasteiger partial charge in [0.15, 0.2) is 11.6 Å². The Labute approximate surface area is 121 Å². The van der Waals surface area contributed by atoms with Gasteiger partial charge in [-0.15, -0.1) is 0 Å². The lowest BCUT2D eigenvalue weighted by atomic mass is 9.94. The van der Waals surface area contributed by atoms with Gasteiger partial charge in [-0.2, -0.15) is 0 Å². The highest BCUT2D eigenvalue weighted by atomic mass is 19.2. The third kappa shape index (κ3) is 3.56. The summed E-state index contributed by atoms with van der Waals surface area (Å²) in [5.74, 6) is -4.74. The first-order valence-electron chi connectivity index (χ1n) is 6.98. The monoisotopic (exact) mass is 297 g/mol. The molecule has 2 N–H and O–H groups in total. The smallest absolute Gasteiger partial charge is 0.308 e. The van der Waals surface area contributed by atoms with Crippen LogP contribution in [0.15, 0.2) is 18.2 Å². The van der Waals surface area contributed by atoms with E-state index in [1.54, 1.807) is 0 Å². The molecule has 2 unspecified atom stereocenters. The minimum absolute atomic E-state index is 0.400. The predicted molar refractivity (Wildman–Crippen MR) is 71.8 cm³/mol. The average Bonchev–Trinajstić information content (AvgIpc) is 2.67. The van der Waals surface area contributed by atoms with E-state index in [0.717, 1.165) is 25.3 Å². The summed E-state index contributed by atoms with van der Waals surface area (Å²) in [7, 11) is 0. The van der Waals surface area contributed by atoms with Gasteiger partial charge in [0.1, 0.15) is 0 Å². The molecule has 2 rings (SSSR count). The van der Waals surface area contributed by atoms with Crippen LogP contribution in [0.1, 0.15) is 42.5 Å². The summed E-state index contributed by atoms with van der Waals surface area (Å²) < 4.78 is 26.7. The number of carbonyl (C=O) groups is 2. The fourth-order valence-corrected chi connectivity index (χ4v) is 2.70. The van der Waals surface area contributed by atoms with Crippen molar-refractivity contribution < 1.29 is 23.5 Å². The summed E-state index contributed by atoms with van der Waals surface area (Å²) >= 11 is 0. The lowest BCUT2D eigenvalue weighted by Gasteiger charge is -2.23. The molecule has 1 fully saturated rings. The molecule has 4 nitrogen and oxygen atoms in total. The number of nitrogens with one attached hydrogen (secondary N) is 1. The van der Waals surface area contributed by atoms with Crippen LogP contribution in [0.3, 0.4) is 0 Å². The average molecular weight is 297 g/mol. The number of hydrogen-bond donors (Lipinski definition) is 2. The molecule has 0 aliphatic heterocycles. The Bertz CT molecular complexity index is 548. The van der Waals surface area contributed by atoms with Crippen molar-refractivity contribution in [3.8, 4) is 0 Å². The standard InChI is InChI=1S/C15H17F2NO3/c16-11-7-4-6-10(13(11)17)14(19)18-12-8-3-1-2-5-9(12)15(20)21/h4,6-7,9,12H,1-3,5,8H2,(H,18,19)(H,20,21). The molecule has 1 amide bonds. The number of benzene rings is 1. The molecule has 0 bridgehead atoms. The second kappa shape index (κ2) is 6.65. The quantitative estimate of drug-likeness (QED) is 0.843. The van der Waals surface area contributed by atoms with Crippen LogP contribution in [0.4, 0.5) is 8.78 Å². The van der Waals surface area contributed by atoms with Crippen LogP contribution in [-0.4, -0.2) is 23.0 Å². The molecule has 1 aromatic carbocycles. The van der Waals surface area contributed by atoms with E-state index in [1.165, 1.54) is 12.1 Å². The van der Waals surface area contributed by atoms with Gasteiger partial charge in [0.25, 0.3) is 5.91 Å². The van der Waals surface area contributed by atoms with E-state index >= 15 is 0 Å². The van der Waals surface area contributed by atoms with Gasteiger partial charge in [0.2, 0.25) is 0 Å². The van der Waals surface area contributed by atoms with Crippen molar-refractivity contribution >= 4 is 11.9 Å². The lowest BCUT2D eigenvalue weighted by molar-refractivity contribution is -0.142. The molecule has 1 saturated carbocycles. The SMILES string of the molecule is O=C(NC1CCCCCC1C(=O)O)c1cccc(F)c1F. The molecule has 114 valence electrons. The summed E-state index contributed by atoms with van der Waals surface area (Å²) in [4.78, 5) is 23.3. The number of carboxylic acids is 1. The molecular weight excluding hydrogens is 280 g/mol. The number of carbonyl (C=O) groups excluding carboxylic acids is 1. The van der Waals surface area contributed by atoms with Crippen LogP contribution in [0.25, 0.3) is 0 Å². The Balaban J connectivity index is 2.16. The number of carboxylic acid groups (broad SMARTS) is 1. The summed E-state index contributed by atoms with van der Waals surface area (Å²) in [5, 5.41) is 11.8. The van der Waals surface area contributed by atoms with Crippen molar-refractivity contribution in [2.75, 3.05) is 0 Å². The van der Waals surface area contributed by atoms with Gasteiger partial charge in [0.05, 0.1) is 11.5 Å². The molecule has 0 radical (unpaired) electrons. The molecule has 1 aliphatic carbocycles. The first kappa shape index (κ1) is 15.4. The highest BCUT2D eigenvalue weighted by Crippen LogP contribution is 2.24. The van der Waals surface area contributed by atoms with E-state index in [4.69, 9.17) is 0 Å². The zero-order valence-corrected chi connectivity index (χ0v) is 11.4. The molecule has 0 heterocycles. The number of halogens is 2. The van der Waals surface area contributed by atoms with E-state index in [-0.39, 0.29) is 0 Å². The first-order valence-corrected chi connectivity index (χ1v) is 6.98. The Morgan fingerprint density at radius 2 is 1.86 bits per heavy atom. The van der Waals surface area contributed by atoms with Crippen LogP contribution in [0.2, 0.25) is 0 Å². The number of rotatable bonds is 3. The second-order valence-electron chi connectivity index (χ2n) is 5.26. The normalized spacial score (nSPS) is 22.4. The highest BCUT2D eigenvalue weighted by Gasteiger charge is 2.31. The number of amides is 1. The van der Waals surface area contributed by atoms with Crippen LogP contribution in [0, 0.1) is 17.6 Å². The van der Waals surface area contributed by atoms with Gasteiger partial charge in [0, 0.05) is 6.04 Å². The van der Waals surface area contributed by atoms with Crippen molar-refractivity contribution in [3.05, 3.63) is 35.4 Å². The maximum atomic E-state index is 13.6. The van der Waals surface area contributed by atoms with Crippen LogP contribution >= 0.6 is 0 Å². The van der Waals surface area contributed by atoms with Crippen molar-refractivity contribution in [1.82, 2.24) is 5.32 Å². The topological polar surface area (TPSA) is 66.4 Å². The third-order valence-corrected chi connectivity index (χ3v) is 3.85. The minimum Gasteiger partial charge on any atom is -0.481 e. The Morgan fingerprint density at radius 3 is 2.57 bits per heavy atom. The molecule has 0 spiro atoms. The predicted octanol–water partition coefficient (Wildman–Crippen LogP) is 2.73. The van der Waals surface area contributed by atoms with Gasteiger partial charge in [-0.3, -0.25) is 9.59 Å². The minimum atomic E-state index is -1.21. The van der Waals surface area contributed by atoms with Crippen LogP contribution < -0.4 is 5.32 Å². The number of hydrogen-bond acceptors (Lipinski definition) is 2. The fraction of sp³-hybridized carbons (Fsp3) is 0.467. The lowest BCUT2D eigenvalue weighted by Crippen LogP contribution is -2.43. The highest BCUT2D eigenvalue weighted by molar-refractivity contribution is 5.95. The molecule has 0 aromatic heterocycles. The van der Waals surface area contributed by atoms with Crippen molar-refractivity contribution in [1.29, 1.82) is 0 Å². The summed E-state index contributed by atoms with van der Waals surface area (Å²) in [6.07, 6.45) is 3.51. The van der Waals surface area contributed by atoms with Crippen molar-refractivity contribution in [3.63, 3.8) is 0 Å². The third-order valence-electron chi connectivity index (χ3n) is 3.85. The van der Waals surface area contributed by atoms with Gasteiger partial charge in [-0.1, -0.05) is 25.3 Å². The molecule has 1 aromatic rings. The Kier molecular flexibility index (Phi) is 4.88. The van der Waals surface area contributed by atoms with E-state index < -0.39 is 41.0 Å². The largest absolute Gasteiger partial charge is 0.481 e. The second-order valence-corrected chi connectivity index (χ2v) is 5.26. The zero-order valence-electron chi connectivity index (χ0n) is 11.4. The van der Waals surface area contributed by atoms with Crippen molar-refractivity contribution in [2.45, 2.75) is 38.1 Å². The van der Waals surface area contributed by atoms with E-state index in [2.05, 4.69) is 5.32 Å². The fourth-order valence-electron chi connectivity index (χ4n) is 2.70. The zero-order chi connectivity index (χ0) is 15.4. The van der Waals surface area contributed by atoms with E-state index in [0.29, 0.717) is 12.8 Å². The molecule has 1 aliphatic rings. The molecule has 6 heteroatoms. The molecular formula is C15H17F2NO3. The number of aliphatic carboxylic acids is 1. The summed E-state index contributed by atoms with van der Waals surface area (Å²) in [5.41, 5.74) is -0.400. The summed E-state index contributed by atoms with van der Waals surface area (Å²) in [6, 6.07) is 2.80. The molecule has 0 saturated heterocycles. The maximum Gasteiger partial charge on any atom is 0.308 e. The summed E-state index contributed by atoms with van der Waals surface area (Å²) in [6.45, 7) is 0. The van der Waals surface area contributed by atoms with Gasteiger partial charge < -0.3 is 10.4 Å². The maximum absolute atomic E-state index is 13.6. The van der Waals surface area contributed by atoms with Crippen LogP contribution in [-0.2, 0) is 4.79 Å². The van der Waals surface area contributed by atoms with Crippen LogP contribution in [0.5, 0.6) is 0 Å². The molecule has 2 atom stereocenters. The van der Waals surface area contributed by atoms with Crippen molar-refractivity contribution in [2.24, 2.45) is 5.92 Å². The Morgan fingerprint density at radius 1 is 1.14 bits per heavy atom. The first-order chi connectivity index (χ1) is 10.0.